The van der Waals surface area contributed by atoms with Crippen LogP contribution in [-0.2, 0) is 6.54 Å². The molecule has 88 valence electrons. The number of ether oxygens (including phenoxy) is 1. The van der Waals surface area contributed by atoms with E-state index < -0.39 is 0 Å². The van der Waals surface area contributed by atoms with Gasteiger partial charge in [-0.15, -0.1) is 6.42 Å². The van der Waals surface area contributed by atoms with Crippen LogP contribution in [0.3, 0.4) is 0 Å². The fourth-order valence-electron chi connectivity index (χ4n) is 1.67. The Kier molecular flexibility index (Phi) is 3.31. The quantitative estimate of drug-likeness (QED) is 0.768. The van der Waals surface area contributed by atoms with Crippen molar-refractivity contribution in [1.82, 2.24) is 9.78 Å². The first kappa shape index (κ1) is 11.8. The highest BCUT2D eigenvalue weighted by Crippen LogP contribution is 2.25. The van der Waals surface area contributed by atoms with E-state index in [1.807, 2.05) is 30.5 Å². The molecule has 1 aromatic heterocycles. The number of methoxy groups -OCH3 is 1. The molecule has 0 spiro atoms. The highest BCUT2D eigenvalue weighted by Gasteiger charge is 2.06. The van der Waals surface area contributed by atoms with Gasteiger partial charge in [0.2, 0.25) is 0 Å². The van der Waals surface area contributed by atoms with E-state index in [4.69, 9.17) is 16.4 Å². The van der Waals surface area contributed by atoms with Gasteiger partial charge in [0.1, 0.15) is 12.3 Å². The molecule has 0 radical (unpaired) electrons. The zero-order valence-corrected chi connectivity index (χ0v) is 9.92. The van der Waals surface area contributed by atoms with Gasteiger partial charge in [0.15, 0.2) is 0 Å². The third-order valence-corrected chi connectivity index (χ3v) is 2.55. The summed E-state index contributed by atoms with van der Waals surface area (Å²) in [5.74, 6) is 3.26. The summed E-state index contributed by atoms with van der Waals surface area (Å²) in [6, 6.07) is 7.64. The molecule has 2 aromatic rings. The summed E-state index contributed by atoms with van der Waals surface area (Å²) < 4.78 is 6.74. The zero-order chi connectivity index (χ0) is 13.0. The molecule has 0 saturated carbocycles. The van der Waals surface area contributed by atoms with E-state index in [1.54, 1.807) is 18.0 Å². The second-order valence-electron chi connectivity index (χ2n) is 3.64. The molecule has 0 unspecified atom stereocenters. The molecular formula is C14H11N3O. The van der Waals surface area contributed by atoms with Crippen LogP contribution in [0.15, 0.2) is 30.6 Å². The number of hydrogen-bond donors (Lipinski definition) is 0. The zero-order valence-electron chi connectivity index (χ0n) is 9.92. The normalized spacial score (nSPS) is 9.50. The van der Waals surface area contributed by atoms with Gasteiger partial charge in [-0.3, -0.25) is 4.68 Å². The molecule has 0 aliphatic carbocycles. The number of rotatable bonds is 3. The van der Waals surface area contributed by atoms with Crippen LogP contribution in [0.1, 0.15) is 5.56 Å². The summed E-state index contributed by atoms with van der Waals surface area (Å²) >= 11 is 0. The third kappa shape index (κ3) is 2.18. The summed E-state index contributed by atoms with van der Waals surface area (Å²) in [5.41, 5.74) is 2.57. The molecule has 0 amide bonds. The van der Waals surface area contributed by atoms with Crippen LogP contribution in [-0.4, -0.2) is 16.9 Å². The Labute approximate surface area is 105 Å². The number of nitrogens with zero attached hydrogens (tertiary/aromatic N) is 3. The summed E-state index contributed by atoms with van der Waals surface area (Å²) in [6.45, 7) is 0.234. The molecule has 0 aliphatic rings. The van der Waals surface area contributed by atoms with E-state index in [2.05, 4.69) is 11.0 Å². The summed E-state index contributed by atoms with van der Waals surface area (Å²) in [6.07, 6.45) is 8.95. The van der Waals surface area contributed by atoms with Gasteiger partial charge in [0, 0.05) is 11.8 Å². The predicted molar refractivity (Wildman–Crippen MR) is 67.8 cm³/mol. The molecule has 0 bridgehead atoms. The molecule has 0 atom stereocenters. The highest BCUT2D eigenvalue weighted by molar-refractivity contribution is 5.66. The predicted octanol–water partition coefficient (Wildman–Crippen LogP) is 2.06. The minimum Gasteiger partial charge on any atom is -0.495 e. The van der Waals surface area contributed by atoms with Crippen LogP contribution in [0, 0.1) is 23.7 Å². The number of nitriles is 1. The van der Waals surface area contributed by atoms with Gasteiger partial charge in [-0.1, -0.05) is 12.0 Å². The van der Waals surface area contributed by atoms with E-state index in [1.165, 1.54) is 0 Å². The van der Waals surface area contributed by atoms with Crippen LogP contribution in [0.5, 0.6) is 5.75 Å². The van der Waals surface area contributed by atoms with E-state index in [0.29, 0.717) is 11.3 Å². The van der Waals surface area contributed by atoms with Crippen LogP contribution in [0.25, 0.3) is 11.1 Å². The van der Waals surface area contributed by atoms with Crippen molar-refractivity contribution in [2.45, 2.75) is 6.54 Å². The molecule has 0 saturated heterocycles. The summed E-state index contributed by atoms with van der Waals surface area (Å²) in [7, 11) is 1.58. The maximum Gasteiger partial charge on any atom is 0.134 e. The Morgan fingerprint density at radius 3 is 2.94 bits per heavy atom. The van der Waals surface area contributed by atoms with E-state index in [9.17, 15) is 0 Å². The lowest BCUT2D eigenvalue weighted by Gasteiger charge is -2.05. The highest BCUT2D eigenvalue weighted by atomic mass is 16.5. The SMILES string of the molecule is C#Cc1cc(-c2cnn(CC#N)c2)ccc1OC. The van der Waals surface area contributed by atoms with E-state index in [-0.39, 0.29) is 6.54 Å². The first-order valence-electron chi connectivity index (χ1n) is 5.33. The van der Waals surface area contributed by atoms with Crippen LogP contribution < -0.4 is 4.74 Å². The molecule has 0 aliphatic heterocycles. The lowest BCUT2D eigenvalue weighted by molar-refractivity contribution is 0.413. The lowest BCUT2D eigenvalue weighted by Crippen LogP contribution is -1.94. The Balaban J connectivity index is 2.39. The molecule has 1 heterocycles. The maximum absolute atomic E-state index is 8.60. The molecule has 2 rings (SSSR count). The van der Waals surface area contributed by atoms with E-state index >= 15 is 0 Å². The number of benzene rings is 1. The molecule has 18 heavy (non-hydrogen) atoms. The fourth-order valence-corrected chi connectivity index (χ4v) is 1.67. The monoisotopic (exact) mass is 237 g/mol. The molecular weight excluding hydrogens is 226 g/mol. The topological polar surface area (TPSA) is 50.8 Å². The fraction of sp³-hybridized carbons (Fsp3) is 0.143. The van der Waals surface area contributed by atoms with Crippen LogP contribution >= 0.6 is 0 Å². The second kappa shape index (κ2) is 5.07. The van der Waals surface area contributed by atoms with Crippen LogP contribution in [0.4, 0.5) is 0 Å². The smallest absolute Gasteiger partial charge is 0.134 e. The number of hydrogen-bond acceptors (Lipinski definition) is 3. The molecule has 1 aromatic carbocycles. The molecule has 0 N–H and O–H groups in total. The van der Waals surface area contributed by atoms with Crippen molar-refractivity contribution in [1.29, 1.82) is 5.26 Å². The van der Waals surface area contributed by atoms with Crippen molar-refractivity contribution in [3.8, 4) is 35.3 Å². The van der Waals surface area contributed by atoms with Crippen LogP contribution in [0.2, 0.25) is 0 Å². The molecule has 4 nitrogen and oxygen atoms in total. The minimum absolute atomic E-state index is 0.234. The second-order valence-corrected chi connectivity index (χ2v) is 3.64. The Hall–Kier alpha value is -2.72. The summed E-state index contributed by atoms with van der Waals surface area (Å²) in [5, 5.41) is 12.7. The third-order valence-electron chi connectivity index (χ3n) is 2.55. The Bertz CT molecular complexity index is 644. The van der Waals surface area contributed by atoms with Gasteiger partial charge >= 0.3 is 0 Å². The first-order valence-corrected chi connectivity index (χ1v) is 5.33. The van der Waals surface area contributed by atoms with Gasteiger partial charge in [-0.25, -0.2) is 0 Å². The van der Waals surface area contributed by atoms with Gasteiger partial charge in [0.25, 0.3) is 0 Å². The van der Waals surface area contributed by atoms with Gasteiger partial charge in [0.05, 0.1) is 24.9 Å². The lowest BCUT2D eigenvalue weighted by atomic mass is 10.1. The first-order chi connectivity index (χ1) is 8.78. The van der Waals surface area contributed by atoms with Crippen molar-refractivity contribution in [3.05, 3.63) is 36.2 Å². The standard InChI is InChI=1S/C14H11N3O/c1-3-11-8-12(4-5-14(11)18-2)13-9-16-17(10-13)7-6-15/h1,4-5,8-10H,7H2,2H3. The van der Waals surface area contributed by atoms with E-state index in [0.717, 1.165) is 11.1 Å². The van der Waals surface area contributed by atoms with Gasteiger partial charge < -0.3 is 4.74 Å². The van der Waals surface area contributed by atoms with Crippen molar-refractivity contribution < 1.29 is 4.74 Å². The Morgan fingerprint density at radius 2 is 2.28 bits per heavy atom. The average molecular weight is 237 g/mol. The van der Waals surface area contributed by atoms with Crippen molar-refractivity contribution in [2.75, 3.05) is 7.11 Å². The number of aromatic nitrogens is 2. The van der Waals surface area contributed by atoms with Gasteiger partial charge in [-0.05, 0) is 17.7 Å². The maximum atomic E-state index is 8.60. The summed E-state index contributed by atoms with van der Waals surface area (Å²) in [4.78, 5) is 0. The average Bonchev–Trinajstić information content (AvgIpc) is 2.87. The minimum atomic E-state index is 0.234. The number of terminal acetylenes is 1. The Morgan fingerprint density at radius 1 is 1.44 bits per heavy atom. The van der Waals surface area contributed by atoms with Crippen molar-refractivity contribution in [3.63, 3.8) is 0 Å². The largest absolute Gasteiger partial charge is 0.495 e. The van der Waals surface area contributed by atoms with Gasteiger partial charge in [-0.2, -0.15) is 10.4 Å². The molecule has 0 fully saturated rings. The van der Waals surface area contributed by atoms with Crippen molar-refractivity contribution >= 4 is 0 Å². The van der Waals surface area contributed by atoms with Crippen molar-refractivity contribution in [2.24, 2.45) is 0 Å². The molecule has 4 heteroatoms.